The molecule has 0 aromatic heterocycles. The van der Waals surface area contributed by atoms with Gasteiger partial charge in [-0.25, -0.2) is 0 Å². The van der Waals surface area contributed by atoms with Gasteiger partial charge in [-0.05, 0) is 57.1 Å². The van der Waals surface area contributed by atoms with E-state index in [0.717, 1.165) is 47.3 Å². The standard InChI is InChI=1S/C28H39NO2/c1-9-11-20-16-24(28(6,7)8)17-21(25(20)30)14-22-18-23(27(3,4)5)15-19(10-2)26(22)31-13-12-29/h15-18,30H,9-11,13-14H2,1-8H3. The molecule has 0 heterocycles. The Hall–Kier alpha value is -2.47. The summed E-state index contributed by atoms with van der Waals surface area (Å²) in [7, 11) is 0. The van der Waals surface area contributed by atoms with Crippen molar-refractivity contribution < 1.29 is 9.84 Å². The number of aryl methyl sites for hydroxylation is 2. The minimum Gasteiger partial charge on any atom is -0.507 e. The number of hydrogen-bond acceptors (Lipinski definition) is 3. The van der Waals surface area contributed by atoms with E-state index in [1.165, 1.54) is 11.1 Å². The van der Waals surface area contributed by atoms with Gasteiger partial charge in [-0.1, -0.05) is 86.1 Å². The van der Waals surface area contributed by atoms with E-state index in [4.69, 9.17) is 10.00 Å². The van der Waals surface area contributed by atoms with Crippen LogP contribution in [0.2, 0.25) is 0 Å². The summed E-state index contributed by atoms with van der Waals surface area (Å²) in [4.78, 5) is 0. The van der Waals surface area contributed by atoms with Crippen molar-refractivity contribution in [3.63, 3.8) is 0 Å². The van der Waals surface area contributed by atoms with Crippen LogP contribution in [0.3, 0.4) is 0 Å². The van der Waals surface area contributed by atoms with Gasteiger partial charge in [-0.2, -0.15) is 5.26 Å². The Morgan fingerprint density at radius 3 is 1.84 bits per heavy atom. The van der Waals surface area contributed by atoms with Crippen LogP contribution < -0.4 is 4.74 Å². The third-order valence-electron chi connectivity index (χ3n) is 5.80. The number of nitriles is 1. The van der Waals surface area contributed by atoms with Crippen LogP contribution in [0, 0.1) is 11.3 Å². The maximum absolute atomic E-state index is 11.1. The summed E-state index contributed by atoms with van der Waals surface area (Å²) >= 11 is 0. The zero-order valence-electron chi connectivity index (χ0n) is 20.6. The summed E-state index contributed by atoms with van der Waals surface area (Å²) in [5, 5.41) is 20.2. The molecule has 0 amide bonds. The van der Waals surface area contributed by atoms with Gasteiger partial charge in [0.15, 0.2) is 6.61 Å². The molecule has 0 saturated heterocycles. The molecule has 0 aliphatic rings. The molecule has 0 aliphatic carbocycles. The van der Waals surface area contributed by atoms with Gasteiger partial charge < -0.3 is 9.84 Å². The van der Waals surface area contributed by atoms with Gasteiger partial charge in [0.05, 0.1) is 0 Å². The molecule has 31 heavy (non-hydrogen) atoms. The van der Waals surface area contributed by atoms with Crippen LogP contribution in [0.15, 0.2) is 24.3 Å². The molecule has 0 unspecified atom stereocenters. The van der Waals surface area contributed by atoms with Crippen molar-refractivity contribution in [2.45, 2.75) is 91.9 Å². The van der Waals surface area contributed by atoms with Gasteiger partial charge in [0.1, 0.15) is 17.6 Å². The lowest BCUT2D eigenvalue weighted by atomic mass is 9.81. The Morgan fingerprint density at radius 1 is 0.839 bits per heavy atom. The highest BCUT2D eigenvalue weighted by Crippen LogP contribution is 2.37. The molecule has 0 atom stereocenters. The molecular weight excluding hydrogens is 382 g/mol. The number of benzene rings is 2. The molecular formula is C28H39NO2. The Morgan fingerprint density at radius 2 is 1.35 bits per heavy atom. The van der Waals surface area contributed by atoms with Crippen LogP contribution in [-0.4, -0.2) is 11.7 Å². The fraction of sp³-hybridized carbons (Fsp3) is 0.536. The molecule has 0 bridgehead atoms. The van der Waals surface area contributed by atoms with Crippen LogP contribution >= 0.6 is 0 Å². The van der Waals surface area contributed by atoms with E-state index in [-0.39, 0.29) is 17.4 Å². The minimum absolute atomic E-state index is 0.00486. The first kappa shape index (κ1) is 24.8. The zero-order chi connectivity index (χ0) is 23.4. The highest BCUT2D eigenvalue weighted by Gasteiger charge is 2.22. The van der Waals surface area contributed by atoms with E-state index >= 15 is 0 Å². The summed E-state index contributed by atoms with van der Waals surface area (Å²) in [6.45, 7) is 17.5. The van der Waals surface area contributed by atoms with E-state index in [1.807, 2.05) is 0 Å². The quantitative estimate of drug-likeness (QED) is 0.524. The summed E-state index contributed by atoms with van der Waals surface area (Å²) < 4.78 is 5.92. The van der Waals surface area contributed by atoms with Gasteiger partial charge in [0.2, 0.25) is 0 Å². The Balaban J connectivity index is 2.70. The topological polar surface area (TPSA) is 53.2 Å². The SMILES string of the molecule is CCCc1cc(C(C)(C)C)cc(Cc2cc(C(C)(C)C)cc(CC)c2OCC#N)c1O. The van der Waals surface area contributed by atoms with Crippen molar-refractivity contribution in [2.75, 3.05) is 6.61 Å². The second-order valence-corrected chi connectivity index (χ2v) is 10.5. The first-order chi connectivity index (χ1) is 14.4. The number of phenolic OH excluding ortho intramolecular Hbond substituents is 1. The third-order valence-corrected chi connectivity index (χ3v) is 5.80. The van der Waals surface area contributed by atoms with Crippen molar-refractivity contribution in [1.82, 2.24) is 0 Å². The Kier molecular flexibility index (Phi) is 7.82. The predicted molar refractivity (Wildman–Crippen MR) is 129 cm³/mol. The predicted octanol–water partition coefficient (Wildman–Crippen LogP) is 7.00. The molecule has 3 heteroatoms. The number of phenols is 1. The lowest BCUT2D eigenvalue weighted by Gasteiger charge is -2.25. The van der Waals surface area contributed by atoms with Crippen LogP contribution in [0.1, 0.15) is 95.2 Å². The maximum atomic E-state index is 11.1. The fourth-order valence-corrected chi connectivity index (χ4v) is 3.86. The normalized spacial score (nSPS) is 12.0. The molecule has 0 fully saturated rings. The number of hydrogen-bond donors (Lipinski definition) is 1. The summed E-state index contributed by atoms with van der Waals surface area (Å²) in [6, 6.07) is 10.8. The van der Waals surface area contributed by atoms with Crippen LogP contribution in [0.5, 0.6) is 11.5 Å². The van der Waals surface area contributed by atoms with Crippen molar-refractivity contribution >= 4 is 0 Å². The van der Waals surface area contributed by atoms with Crippen LogP contribution in [-0.2, 0) is 30.1 Å². The average Bonchev–Trinajstić information content (AvgIpc) is 2.67. The van der Waals surface area contributed by atoms with Gasteiger partial charge >= 0.3 is 0 Å². The van der Waals surface area contributed by atoms with Gasteiger partial charge in [0.25, 0.3) is 0 Å². The van der Waals surface area contributed by atoms with E-state index in [2.05, 4.69) is 85.7 Å². The van der Waals surface area contributed by atoms with Gasteiger partial charge in [-0.3, -0.25) is 0 Å². The molecule has 2 aromatic rings. The second-order valence-electron chi connectivity index (χ2n) is 10.5. The first-order valence-corrected chi connectivity index (χ1v) is 11.4. The molecule has 0 aliphatic heterocycles. The van der Waals surface area contributed by atoms with E-state index in [0.29, 0.717) is 12.2 Å². The number of ether oxygens (including phenoxy) is 1. The number of aromatic hydroxyl groups is 1. The van der Waals surface area contributed by atoms with Crippen LogP contribution in [0.4, 0.5) is 0 Å². The van der Waals surface area contributed by atoms with Crippen molar-refractivity contribution in [1.29, 1.82) is 5.26 Å². The van der Waals surface area contributed by atoms with Gasteiger partial charge in [0, 0.05) is 6.42 Å². The minimum atomic E-state index is -0.00703. The largest absolute Gasteiger partial charge is 0.507 e. The highest BCUT2D eigenvalue weighted by molar-refractivity contribution is 5.53. The fourth-order valence-electron chi connectivity index (χ4n) is 3.86. The summed E-state index contributed by atoms with van der Waals surface area (Å²) in [6.07, 6.45) is 3.23. The molecule has 168 valence electrons. The van der Waals surface area contributed by atoms with Crippen molar-refractivity contribution in [3.8, 4) is 17.6 Å². The first-order valence-electron chi connectivity index (χ1n) is 11.4. The molecule has 0 radical (unpaired) electrons. The second kappa shape index (κ2) is 9.77. The lowest BCUT2D eigenvalue weighted by Crippen LogP contribution is -2.14. The Bertz CT molecular complexity index is 953. The van der Waals surface area contributed by atoms with E-state index in [9.17, 15) is 5.11 Å². The third kappa shape index (κ3) is 6.03. The lowest BCUT2D eigenvalue weighted by molar-refractivity contribution is 0.360. The Labute approximate surface area is 189 Å². The molecule has 2 aromatic carbocycles. The molecule has 0 spiro atoms. The smallest absolute Gasteiger partial charge is 0.174 e. The van der Waals surface area contributed by atoms with Crippen LogP contribution in [0.25, 0.3) is 0 Å². The van der Waals surface area contributed by atoms with E-state index < -0.39 is 0 Å². The number of rotatable bonds is 7. The van der Waals surface area contributed by atoms with Crippen molar-refractivity contribution in [3.05, 3.63) is 57.6 Å². The molecule has 1 N–H and O–H groups in total. The zero-order valence-corrected chi connectivity index (χ0v) is 20.6. The summed E-state index contributed by atoms with van der Waals surface area (Å²) in [5.41, 5.74) is 6.52. The summed E-state index contributed by atoms with van der Waals surface area (Å²) in [5.74, 6) is 1.18. The average molecular weight is 422 g/mol. The van der Waals surface area contributed by atoms with E-state index in [1.54, 1.807) is 0 Å². The molecule has 2 rings (SSSR count). The molecule has 0 saturated carbocycles. The molecule has 3 nitrogen and oxygen atoms in total. The van der Waals surface area contributed by atoms with Crippen molar-refractivity contribution in [2.24, 2.45) is 0 Å². The van der Waals surface area contributed by atoms with Gasteiger partial charge in [-0.15, -0.1) is 0 Å². The number of nitrogens with zero attached hydrogens (tertiary/aromatic N) is 1. The highest BCUT2D eigenvalue weighted by atomic mass is 16.5. The maximum Gasteiger partial charge on any atom is 0.174 e. The monoisotopic (exact) mass is 421 g/mol.